The molecular formula is C17H20O5. The van der Waals surface area contributed by atoms with Crippen LogP contribution in [0.5, 0.6) is 17.2 Å². The summed E-state index contributed by atoms with van der Waals surface area (Å²) >= 11 is 0. The highest BCUT2D eigenvalue weighted by atomic mass is 16.5. The van der Waals surface area contributed by atoms with E-state index >= 15 is 0 Å². The van der Waals surface area contributed by atoms with Crippen molar-refractivity contribution in [2.45, 2.75) is 20.0 Å². The molecule has 2 rings (SSSR count). The number of rotatable bonds is 5. The Morgan fingerprint density at radius 1 is 1.09 bits per heavy atom. The van der Waals surface area contributed by atoms with Crippen LogP contribution in [0.25, 0.3) is 10.8 Å². The van der Waals surface area contributed by atoms with Gasteiger partial charge in [0, 0.05) is 6.07 Å². The summed E-state index contributed by atoms with van der Waals surface area (Å²) in [7, 11) is 4.34. The van der Waals surface area contributed by atoms with Gasteiger partial charge in [-0.1, -0.05) is 0 Å². The summed E-state index contributed by atoms with van der Waals surface area (Å²) in [6.45, 7) is 3.77. The van der Waals surface area contributed by atoms with Crippen molar-refractivity contribution in [2.24, 2.45) is 0 Å². The second-order valence-corrected chi connectivity index (χ2v) is 4.96. The van der Waals surface area contributed by atoms with Gasteiger partial charge in [-0.2, -0.15) is 0 Å². The van der Waals surface area contributed by atoms with Crippen LogP contribution in [0.2, 0.25) is 0 Å². The molecule has 0 heterocycles. The topological polar surface area (TPSA) is 54.0 Å². The van der Waals surface area contributed by atoms with Crippen molar-refractivity contribution in [1.82, 2.24) is 0 Å². The van der Waals surface area contributed by atoms with Gasteiger partial charge in [-0.15, -0.1) is 0 Å². The zero-order chi connectivity index (χ0) is 17.1. The van der Waals surface area contributed by atoms with E-state index in [1.54, 1.807) is 12.1 Å². The molecule has 0 saturated carbocycles. The lowest BCUT2D eigenvalue weighted by molar-refractivity contribution is 0.0600. The van der Waals surface area contributed by atoms with E-state index in [0.717, 1.165) is 0 Å². The maximum absolute atomic E-state index is 12.0. The Bertz CT molecular complexity index is 740. The molecule has 5 heteroatoms. The molecule has 0 N–H and O–H groups in total. The lowest BCUT2D eigenvalue weighted by atomic mass is 10.0. The summed E-state index contributed by atoms with van der Waals surface area (Å²) in [5, 5.41) is 1.12. The molecule has 0 aliphatic heterocycles. The summed E-state index contributed by atoms with van der Waals surface area (Å²) < 4.78 is 29.6. The minimum Gasteiger partial charge on any atom is -0.497 e. The van der Waals surface area contributed by atoms with Gasteiger partial charge in [0.15, 0.2) is 0 Å². The van der Waals surface area contributed by atoms with Gasteiger partial charge in [0.05, 0.1) is 39.8 Å². The number of hydrogen-bond donors (Lipinski definition) is 0. The van der Waals surface area contributed by atoms with Crippen LogP contribution < -0.4 is 14.2 Å². The van der Waals surface area contributed by atoms with Crippen LogP contribution in [-0.2, 0) is 4.74 Å². The molecule has 0 aromatic heterocycles. The van der Waals surface area contributed by atoms with E-state index in [1.165, 1.54) is 27.4 Å². The molecule has 0 spiro atoms. The first-order valence-corrected chi connectivity index (χ1v) is 6.87. The number of esters is 1. The molecule has 0 bridgehead atoms. The summed E-state index contributed by atoms with van der Waals surface area (Å²) in [6, 6.07) is 4.96. The molecular weight excluding hydrogens is 284 g/mol. The Labute approximate surface area is 131 Å². The SMILES string of the molecule is [2H]c1c(C(=O)OC)cc(OC(C)C)c2c(OC)cc(OC)cc12. The minimum atomic E-state index is -0.590. The third-order valence-corrected chi connectivity index (χ3v) is 3.09. The second kappa shape index (κ2) is 6.56. The highest BCUT2D eigenvalue weighted by Crippen LogP contribution is 2.39. The van der Waals surface area contributed by atoms with Crippen LogP contribution >= 0.6 is 0 Å². The van der Waals surface area contributed by atoms with E-state index in [1.807, 2.05) is 13.8 Å². The summed E-state index contributed by atoms with van der Waals surface area (Å²) in [5.41, 5.74) is 0.131. The molecule has 0 saturated heterocycles. The zero-order valence-electron chi connectivity index (χ0n) is 14.4. The summed E-state index contributed by atoms with van der Waals surface area (Å²) in [5.74, 6) is 0.915. The molecule has 0 aliphatic rings. The van der Waals surface area contributed by atoms with Crippen molar-refractivity contribution < 1.29 is 25.1 Å². The number of fused-ring (bicyclic) bond motifs is 1. The molecule has 22 heavy (non-hydrogen) atoms. The molecule has 118 valence electrons. The molecule has 0 atom stereocenters. The standard InChI is InChI=1S/C17H20O5/c1-10(2)22-15-8-12(17(18)21-5)6-11-7-13(19-3)9-14(20-4)16(11)15/h6-10H,1-5H3/i6D. The fourth-order valence-corrected chi connectivity index (χ4v) is 2.17. The number of carbonyl (C=O) groups excluding carboxylic acids is 1. The normalized spacial score (nSPS) is 11.3. The van der Waals surface area contributed by atoms with E-state index in [0.29, 0.717) is 28.0 Å². The first kappa shape index (κ1) is 14.5. The van der Waals surface area contributed by atoms with Crippen LogP contribution in [0.3, 0.4) is 0 Å². The van der Waals surface area contributed by atoms with Crippen molar-refractivity contribution in [3.05, 3.63) is 29.8 Å². The third-order valence-electron chi connectivity index (χ3n) is 3.09. The Morgan fingerprint density at radius 2 is 1.82 bits per heavy atom. The number of benzene rings is 2. The van der Waals surface area contributed by atoms with E-state index in [-0.39, 0.29) is 17.7 Å². The largest absolute Gasteiger partial charge is 0.497 e. The molecule has 0 amide bonds. The van der Waals surface area contributed by atoms with Crippen LogP contribution in [0, 0.1) is 0 Å². The predicted molar refractivity (Wildman–Crippen MR) is 84.2 cm³/mol. The summed E-state index contributed by atoms with van der Waals surface area (Å²) in [6.07, 6.45) is -0.105. The highest BCUT2D eigenvalue weighted by molar-refractivity contribution is 6.01. The number of methoxy groups -OCH3 is 3. The average Bonchev–Trinajstić information content (AvgIpc) is 2.55. The highest BCUT2D eigenvalue weighted by Gasteiger charge is 2.17. The first-order chi connectivity index (χ1) is 10.9. The maximum atomic E-state index is 12.0. The van der Waals surface area contributed by atoms with Gasteiger partial charge < -0.3 is 18.9 Å². The fraction of sp³-hybridized carbons (Fsp3) is 0.353. The van der Waals surface area contributed by atoms with Gasteiger partial charge in [-0.25, -0.2) is 4.79 Å². The molecule has 5 nitrogen and oxygen atoms in total. The average molecular weight is 305 g/mol. The van der Waals surface area contributed by atoms with E-state index in [4.69, 9.17) is 20.3 Å². The smallest absolute Gasteiger partial charge is 0.338 e. The fourth-order valence-electron chi connectivity index (χ4n) is 2.17. The van der Waals surface area contributed by atoms with Crippen LogP contribution in [-0.4, -0.2) is 33.4 Å². The van der Waals surface area contributed by atoms with E-state index < -0.39 is 5.97 Å². The van der Waals surface area contributed by atoms with Crippen molar-refractivity contribution in [3.63, 3.8) is 0 Å². The molecule has 0 unspecified atom stereocenters. The van der Waals surface area contributed by atoms with Gasteiger partial charge in [0.2, 0.25) is 0 Å². The van der Waals surface area contributed by atoms with Gasteiger partial charge in [-0.05, 0) is 37.4 Å². The predicted octanol–water partition coefficient (Wildman–Crippen LogP) is 3.43. The number of hydrogen-bond acceptors (Lipinski definition) is 5. The monoisotopic (exact) mass is 305 g/mol. The van der Waals surface area contributed by atoms with Gasteiger partial charge >= 0.3 is 5.97 Å². The molecule has 2 aromatic rings. The van der Waals surface area contributed by atoms with Crippen LogP contribution in [0.15, 0.2) is 24.2 Å². The minimum absolute atomic E-state index is 0.0418. The van der Waals surface area contributed by atoms with E-state index in [9.17, 15) is 4.79 Å². The maximum Gasteiger partial charge on any atom is 0.338 e. The van der Waals surface area contributed by atoms with Crippen LogP contribution in [0.4, 0.5) is 0 Å². The molecule has 0 fully saturated rings. The quantitative estimate of drug-likeness (QED) is 0.792. The van der Waals surface area contributed by atoms with Gasteiger partial charge in [-0.3, -0.25) is 0 Å². The molecule has 0 aliphatic carbocycles. The van der Waals surface area contributed by atoms with Gasteiger partial charge in [0.25, 0.3) is 0 Å². The lowest BCUT2D eigenvalue weighted by Gasteiger charge is -2.17. The Morgan fingerprint density at radius 3 is 2.36 bits per heavy atom. The zero-order valence-corrected chi connectivity index (χ0v) is 13.4. The van der Waals surface area contributed by atoms with Crippen molar-refractivity contribution in [3.8, 4) is 17.2 Å². The van der Waals surface area contributed by atoms with Crippen molar-refractivity contribution >= 4 is 16.7 Å². The molecule has 2 aromatic carbocycles. The summed E-state index contributed by atoms with van der Waals surface area (Å²) in [4.78, 5) is 12.0. The lowest BCUT2D eigenvalue weighted by Crippen LogP contribution is -2.08. The Hall–Kier alpha value is -2.43. The van der Waals surface area contributed by atoms with E-state index in [2.05, 4.69) is 0 Å². The second-order valence-electron chi connectivity index (χ2n) is 4.96. The van der Waals surface area contributed by atoms with Crippen LogP contribution in [0.1, 0.15) is 25.6 Å². The Balaban J connectivity index is 2.89. The number of ether oxygens (including phenoxy) is 4. The van der Waals surface area contributed by atoms with Gasteiger partial charge in [0.1, 0.15) is 17.2 Å². The first-order valence-electron chi connectivity index (χ1n) is 7.37. The number of carbonyl (C=O) groups is 1. The van der Waals surface area contributed by atoms with Crippen molar-refractivity contribution in [1.29, 1.82) is 0 Å². The Kier molecular flexibility index (Phi) is 4.32. The van der Waals surface area contributed by atoms with Crippen molar-refractivity contribution in [2.75, 3.05) is 21.3 Å². The third kappa shape index (κ3) is 3.08. The molecule has 0 radical (unpaired) electrons.